The standard InChI is InChI=1S/C14H17N3O2/c1-2-18-12(9-3-4-9)13-16-14(19-17-13)10-5-7-11(15)8-6-10/h5-9,12H,2-4,15H2,1H3. The maximum atomic E-state index is 5.72. The number of hydrogen-bond acceptors (Lipinski definition) is 5. The van der Waals surface area contributed by atoms with Crippen LogP contribution in [0.4, 0.5) is 5.69 Å². The second-order valence-electron chi connectivity index (χ2n) is 4.79. The average molecular weight is 259 g/mol. The second kappa shape index (κ2) is 5.01. The van der Waals surface area contributed by atoms with Gasteiger partial charge in [0.25, 0.3) is 5.89 Å². The van der Waals surface area contributed by atoms with Crippen molar-refractivity contribution in [3.63, 3.8) is 0 Å². The van der Waals surface area contributed by atoms with E-state index < -0.39 is 0 Å². The summed E-state index contributed by atoms with van der Waals surface area (Å²) in [5, 5.41) is 4.05. The number of benzene rings is 1. The molecule has 1 aliphatic rings. The van der Waals surface area contributed by atoms with E-state index in [0.717, 1.165) is 5.56 Å². The fraction of sp³-hybridized carbons (Fsp3) is 0.429. The van der Waals surface area contributed by atoms with Gasteiger partial charge in [-0.15, -0.1) is 0 Å². The zero-order chi connectivity index (χ0) is 13.2. The summed E-state index contributed by atoms with van der Waals surface area (Å²) in [6.45, 7) is 2.64. The number of nitrogens with zero attached hydrogens (tertiary/aromatic N) is 2. The molecule has 0 amide bonds. The summed E-state index contributed by atoms with van der Waals surface area (Å²) in [7, 11) is 0. The Morgan fingerprint density at radius 3 is 2.74 bits per heavy atom. The van der Waals surface area contributed by atoms with E-state index in [9.17, 15) is 0 Å². The van der Waals surface area contributed by atoms with Gasteiger partial charge in [-0.3, -0.25) is 0 Å². The van der Waals surface area contributed by atoms with Gasteiger partial charge in [-0.1, -0.05) is 5.16 Å². The first-order chi connectivity index (χ1) is 9.28. The molecule has 1 heterocycles. The third kappa shape index (κ3) is 2.61. The molecule has 1 unspecified atom stereocenters. The highest BCUT2D eigenvalue weighted by Crippen LogP contribution is 2.42. The molecular formula is C14H17N3O2. The first-order valence-corrected chi connectivity index (χ1v) is 6.59. The average Bonchev–Trinajstić information content (AvgIpc) is 3.14. The lowest BCUT2D eigenvalue weighted by molar-refractivity contribution is 0.0385. The summed E-state index contributed by atoms with van der Waals surface area (Å²) in [6, 6.07) is 7.39. The van der Waals surface area contributed by atoms with Gasteiger partial charge in [-0.2, -0.15) is 4.98 Å². The number of ether oxygens (including phenoxy) is 1. The molecule has 3 rings (SSSR count). The number of hydrogen-bond donors (Lipinski definition) is 1. The van der Waals surface area contributed by atoms with Gasteiger partial charge in [-0.25, -0.2) is 0 Å². The minimum Gasteiger partial charge on any atom is -0.399 e. The van der Waals surface area contributed by atoms with Crippen molar-refractivity contribution >= 4 is 5.69 Å². The van der Waals surface area contributed by atoms with Crippen LogP contribution in [0.15, 0.2) is 28.8 Å². The number of aromatic nitrogens is 2. The van der Waals surface area contributed by atoms with Crippen LogP contribution < -0.4 is 5.73 Å². The van der Waals surface area contributed by atoms with Gasteiger partial charge < -0.3 is 15.0 Å². The smallest absolute Gasteiger partial charge is 0.258 e. The molecule has 0 aliphatic heterocycles. The van der Waals surface area contributed by atoms with E-state index in [1.54, 1.807) is 0 Å². The predicted octanol–water partition coefficient (Wildman–Crippen LogP) is 2.81. The van der Waals surface area contributed by atoms with Crippen molar-refractivity contribution < 1.29 is 9.26 Å². The molecule has 0 radical (unpaired) electrons. The molecule has 1 saturated carbocycles. The first kappa shape index (κ1) is 12.2. The van der Waals surface area contributed by atoms with Gasteiger partial charge >= 0.3 is 0 Å². The molecule has 1 aromatic heterocycles. The molecule has 100 valence electrons. The number of nitrogens with two attached hydrogens (primary N) is 1. The van der Waals surface area contributed by atoms with E-state index in [2.05, 4.69) is 10.1 Å². The lowest BCUT2D eigenvalue weighted by Gasteiger charge is -2.10. The van der Waals surface area contributed by atoms with E-state index in [1.165, 1.54) is 12.8 Å². The number of nitrogen functional groups attached to an aromatic ring is 1. The van der Waals surface area contributed by atoms with Gasteiger partial charge in [0.1, 0.15) is 6.10 Å². The largest absolute Gasteiger partial charge is 0.399 e. The van der Waals surface area contributed by atoms with Gasteiger partial charge in [0, 0.05) is 17.9 Å². The lowest BCUT2D eigenvalue weighted by atomic mass is 10.2. The van der Waals surface area contributed by atoms with Crippen LogP contribution >= 0.6 is 0 Å². The van der Waals surface area contributed by atoms with Crippen LogP contribution in [0.5, 0.6) is 0 Å². The van der Waals surface area contributed by atoms with Crippen molar-refractivity contribution in [1.29, 1.82) is 0 Å². The van der Waals surface area contributed by atoms with E-state index in [-0.39, 0.29) is 6.10 Å². The lowest BCUT2D eigenvalue weighted by Crippen LogP contribution is -2.08. The Balaban J connectivity index is 1.83. The zero-order valence-corrected chi connectivity index (χ0v) is 10.9. The summed E-state index contributed by atoms with van der Waals surface area (Å²) >= 11 is 0. The van der Waals surface area contributed by atoms with Crippen molar-refractivity contribution in [2.24, 2.45) is 5.92 Å². The van der Waals surface area contributed by atoms with Gasteiger partial charge in [0.2, 0.25) is 5.82 Å². The Bertz CT molecular complexity index is 546. The van der Waals surface area contributed by atoms with Crippen molar-refractivity contribution in [2.45, 2.75) is 25.9 Å². The van der Waals surface area contributed by atoms with E-state index in [0.29, 0.717) is 29.9 Å². The van der Waals surface area contributed by atoms with Crippen LogP contribution in [0.2, 0.25) is 0 Å². The molecule has 5 heteroatoms. The van der Waals surface area contributed by atoms with E-state index >= 15 is 0 Å². The molecule has 1 atom stereocenters. The maximum absolute atomic E-state index is 5.72. The van der Waals surface area contributed by atoms with Crippen LogP contribution in [0.25, 0.3) is 11.5 Å². The highest BCUT2D eigenvalue weighted by Gasteiger charge is 2.36. The topological polar surface area (TPSA) is 74.2 Å². The Labute approximate surface area is 111 Å². The number of rotatable bonds is 5. The predicted molar refractivity (Wildman–Crippen MR) is 71.2 cm³/mol. The van der Waals surface area contributed by atoms with Crippen molar-refractivity contribution in [3.05, 3.63) is 30.1 Å². The van der Waals surface area contributed by atoms with Crippen molar-refractivity contribution in [3.8, 4) is 11.5 Å². The molecule has 19 heavy (non-hydrogen) atoms. The minimum absolute atomic E-state index is 0.0312. The monoisotopic (exact) mass is 259 g/mol. The summed E-state index contributed by atoms with van der Waals surface area (Å²) in [6.07, 6.45) is 2.32. The summed E-state index contributed by atoms with van der Waals surface area (Å²) in [5.74, 6) is 1.70. The molecule has 0 bridgehead atoms. The van der Waals surface area contributed by atoms with Gasteiger partial charge in [0.15, 0.2) is 0 Å². The second-order valence-corrected chi connectivity index (χ2v) is 4.79. The molecule has 5 nitrogen and oxygen atoms in total. The summed E-state index contributed by atoms with van der Waals surface area (Å²) in [5.41, 5.74) is 7.25. The van der Waals surface area contributed by atoms with Crippen LogP contribution in [-0.2, 0) is 4.74 Å². The molecule has 1 aromatic carbocycles. The van der Waals surface area contributed by atoms with Gasteiger partial charge in [0.05, 0.1) is 0 Å². The van der Waals surface area contributed by atoms with Crippen LogP contribution in [-0.4, -0.2) is 16.7 Å². The van der Waals surface area contributed by atoms with Gasteiger partial charge in [-0.05, 0) is 49.9 Å². The molecule has 1 aliphatic carbocycles. The van der Waals surface area contributed by atoms with Crippen molar-refractivity contribution in [2.75, 3.05) is 12.3 Å². The van der Waals surface area contributed by atoms with Crippen LogP contribution in [0, 0.1) is 5.92 Å². The Kier molecular flexibility index (Phi) is 3.21. The normalized spacial score (nSPS) is 16.5. The quantitative estimate of drug-likeness (QED) is 0.836. The minimum atomic E-state index is -0.0312. The van der Waals surface area contributed by atoms with Crippen LogP contribution in [0.1, 0.15) is 31.7 Å². The molecular weight excluding hydrogens is 242 g/mol. The highest BCUT2D eigenvalue weighted by atomic mass is 16.5. The Morgan fingerprint density at radius 2 is 2.11 bits per heavy atom. The molecule has 0 saturated heterocycles. The molecule has 1 fully saturated rings. The summed E-state index contributed by atoms with van der Waals surface area (Å²) < 4.78 is 11.0. The Morgan fingerprint density at radius 1 is 1.37 bits per heavy atom. The third-order valence-corrected chi connectivity index (χ3v) is 3.25. The highest BCUT2D eigenvalue weighted by molar-refractivity contribution is 5.56. The van der Waals surface area contributed by atoms with Crippen molar-refractivity contribution in [1.82, 2.24) is 10.1 Å². The van der Waals surface area contributed by atoms with Crippen LogP contribution in [0.3, 0.4) is 0 Å². The molecule has 2 N–H and O–H groups in total. The first-order valence-electron chi connectivity index (χ1n) is 6.59. The molecule has 2 aromatic rings. The third-order valence-electron chi connectivity index (χ3n) is 3.25. The van der Waals surface area contributed by atoms with E-state index in [4.69, 9.17) is 15.0 Å². The number of anilines is 1. The Hall–Kier alpha value is -1.88. The maximum Gasteiger partial charge on any atom is 0.258 e. The SMILES string of the molecule is CCOC(c1noc(-c2ccc(N)cc2)n1)C1CC1. The summed E-state index contributed by atoms with van der Waals surface area (Å²) in [4.78, 5) is 4.45. The zero-order valence-electron chi connectivity index (χ0n) is 10.9. The fourth-order valence-electron chi connectivity index (χ4n) is 2.09. The fourth-order valence-corrected chi connectivity index (χ4v) is 2.09. The van der Waals surface area contributed by atoms with E-state index in [1.807, 2.05) is 31.2 Å². The molecule has 0 spiro atoms.